The summed E-state index contributed by atoms with van der Waals surface area (Å²) in [7, 11) is 3.21. The van der Waals surface area contributed by atoms with E-state index in [0.717, 1.165) is 17.0 Å². The molecule has 3 aromatic rings. The standard InChI is InChI=1S/C23H26N4O4S/c1-4-27(13-21(28)24-17-7-11-19(31-3)12-8-17)14-22(29)26-23-25-20(15-32-23)16-5-9-18(30-2)10-6-16/h5-12,15H,4,13-14H2,1-3H3,(H,24,28)(H,25,26,29). The van der Waals surface area contributed by atoms with Gasteiger partial charge >= 0.3 is 0 Å². The Labute approximate surface area is 191 Å². The Hall–Kier alpha value is -3.43. The summed E-state index contributed by atoms with van der Waals surface area (Å²) in [6.07, 6.45) is 0. The zero-order valence-corrected chi connectivity index (χ0v) is 19.1. The van der Waals surface area contributed by atoms with E-state index in [0.29, 0.717) is 23.1 Å². The number of carbonyl (C=O) groups is 2. The lowest BCUT2D eigenvalue weighted by Gasteiger charge is -2.19. The van der Waals surface area contributed by atoms with E-state index < -0.39 is 0 Å². The summed E-state index contributed by atoms with van der Waals surface area (Å²) < 4.78 is 10.3. The Morgan fingerprint density at radius 1 is 0.906 bits per heavy atom. The van der Waals surface area contributed by atoms with Crippen LogP contribution in [0.1, 0.15) is 6.92 Å². The minimum Gasteiger partial charge on any atom is -0.497 e. The molecule has 0 saturated heterocycles. The highest BCUT2D eigenvalue weighted by Crippen LogP contribution is 2.26. The van der Waals surface area contributed by atoms with E-state index in [2.05, 4.69) is 15.6 Å². The molecule has 0 bridgehead atoms. The summed E-state index contributed by atoms with van der Waals surface area (Å²) >= 11 is 1.35. The number of amides is 2. The third kappa shape index (κ3) is 6.53. The molecule has 3 rings (SSSR count). The maximum Gasteiger partial charge on any atom is 0.240 e. The van der Waals surface area contributed by atoms with Crippen molar-refractivity contribution in [3.05, 3.63) is 53.9 Å². The first-order chi connectivity index (χ1) is 15.5. The van der Waals surface area contributed by atoms with Gasteiger partial charge in [0.2, 0.25) is 11.8 Å². The third-order valence-corrected chi connectivity index (χ3v) is 5.45. The molecule has 0 fully saturated rings. The molecule has 0 aliphatic rings. The second-order valence-corrected chi connectivity index (χ2v) is 7.75. The van der Waals surface area contributed by atoms with Crippen LogP contribution in [0.4, 0.5) is 10.8 Å². The molecule has 0 radical (unpaired) electrons. The minimum atomic E-state index is -0.222. The summed E-state index contributed by atoms with van der Waals surface area (Å²) in [5.41, 5.74) is 2.39. The van der Waals surface area contributed by atoms with Gasteiger partial charge in [-0.05, 0) is 55.1 Å². The van der Waals surface area contributed by atoms with Crippen molar-refractivity contribution in [3.8, 4) is 22.8 Å². The van der Waals surface area contributed by atoms with E-state index in [1.54, 1.807) is 43.4 Å². The maximum atomic E-state index is 12.5. The number of anilines is 2. The molecule has 0 aliphatic carbocycles. The molecule has 0 saturated carbocycles. The van der Waals surface area contributed by atoms with Crippen molar-refractivity contribution in [2.45, 2.75) is 6.92 Å². The van der Waals surface area contributed by atoms with Gasteiger partial charge in [0.1, 0.15) is 11.5 Å². The van der Waals surface area contributed by atoms with Crippen LogP contribution < -0.4 is 20.1 Å². The second kappa shape index (κ2) is 11.3. The number of benzene rings is 2. The van der Waals surface area contributed by atoms with Gasteiger partial charge in [0.15, 0.2) is 5.13 Å². The van der Waals surface area contributed by atoms with Crippen molar-refractivity contribution in [2.24, 2.45) is 0 Å². The highest BCUT2D eigenvalue weighted by atomic mass is 32.1. The maximum absolute atomic E-state index is 12.5. The van der Waals surface area contributed by atoms with Crippen molar-refractivity contribution in [1.29, 1.82) is 0 Å². The molecule has 0 atom stereocenters. The van der Waals surface area contributed by atoms with Crippen LogP contribution in [0.5, 0.6) is 11.5 Å². The van der Waals surface area contributed by atoms with Gasteiger partial charge < -0.3 is 20.1 Å². The Morgan fingerprint density at radius 2 is 1.47 bits per heavy atom. The van der Waals surface area contributed by atoms with Gasteiger partial charge in [-0.15, -0.1) is 11.3 Å². The van der Waals surface area contributed by atoms with E-state index in [-0.39, 0.29) is 24.9 Å². The lowest BCUT2D eigenvalue weighted by atomic mass is 10.2. The van der Waals surface area contributed by atoms with Gasteiger partial charge in [-0.25, -0.2) is 4.98 Å². The lowest BCUT2D eigenvalue weighted by molar-refractivity contribution is -0.119. The zero-order valence-electron chi connectivity index (χ0n) is 18.3. The van der Waals surface area contributed by atoms with E-state index >= 15 is 0 Å². The Balaban J connectivity index is 1.51. The largest absolute Gasteiger partial charge is 0.497 e. The number of carbonyl (C=O) groups excluding carboxylic acids is 2. The predicted molar refractivity (Wildman–Crippen MR) is 126 cm³/mol. The van der Waals surface area contributed by atoms with Crippen molar-refractivity contribution < 1.29 is 19.1 Å². The molecule has 1 heterocycles. The van der Waals surface area contributed by atoms with E-state index in [1.165, 1.54) is 11.3 Å². The smallest absolute Gasteiger partial charge is 0.240 e. The lowest BCUT2D eigenvalue weighted by Crippen LogP contribution is -2.38. The fraction of sp³-hybridized carbons (Fsp3) is 0.261. The number of likely N-dealkylation sites (N-methyl/N-ethyl adjacent to an activating group) is 1. The number of nitrogens with one attached hydrogen (secondary N) is 2. The van der Waals surface area contributed by atoms with E-state index in [9.17, 15) is 9.59 Å². The molecule has 0 aliphatic heterocycles. The van der Waals surface area contributed by atoms with Crippen LogP contribution in [0, 0.1) is 0 Å². The monoisotopic (exact) mass is 454 g/mol. The summed E-state index contributed by atoms with van der Waals surface area (Å²) in [6.45, 7) is 2.65. The predicted octanol–water partition coefficient (Wildman–Crippen LogP) is 3.73. The van der Waals surface area contributed by atoms with Crippen molar-refractivity contribution in [3.63, 3.8) is 0 Å². The average molecular weight is 455 g/mol. The first kappa shape index (κ1) is 23.2. The first-order valence-corrected chi connectivity index (χ1v) is 10.9. The number of hydrogen-bond donors (Lipinski definition) is 2. The molecule has 2 aromatic carbocycles. The van der Waals surface area contributed by atoms with Gasteiger partial charge in [0.25, 0.3) is 0 Å². The molecule has 0 unspecified atom stereocenters. The first-order valence-electron chi connectivity index (χ1n) is 10.1. The molecule has 8 nitrogen and oxygen atoms in total. The Kier molecular flexibility index (Phi) is 8.18. The Bertz CT molecular complexity index is 1030. The molecular weight excluding hydrogens is 428 g/mol. The molecule has 2 N–H and O–H groups in total. The third-order valence-electron chi connectivity index (χ3n) is 4.69. The Morgan fingerprint density at radius 3 is 2.03 bits per heavy atom. The number of methoxy groups -OCH3 is 2. The van der Waals surface area contributed by atoms with Gasteiger partial charge in [-0.3, -0.25) is 14.5 Å². The number of aromatic nitrogens is 1. The highest BCUT2D eigenvalue weighted by molar-refractivity contribution is 7.14. The SMILES string of the molecule is CCN(CC(=O)Nc1ccc(OC)cc1)CC(=O)Nc1nc(-c2ccc(OC)cc2)cs1. The summed E-state index contributed by atoms with van der Waals surface area (Å²) in [5, 5.41) is 8.03. The van der Waals surface area contributed by atoms with Crippen molar-refractivity contribution in [1.82, 2.24) is 9.88 Å². The minimum absolute atomic E-state index is 0.0873. The van der Waals surface area contributed by atoms with Gasteiger partial charge in [0.05, 0.1) is 33.0 Å². The molecule has 0 spiro atoms. The second-order valence-electron chi connectivity index (χ2n) is 6.89. The highest BCUT2D eigenvalue weighted by Gasteiger charge is 2.15. The van der Waals surface area contributed by atoms with Crippen LogP contribution in [-0.2, 0) is 9.59 Å². The van der Waals surface area contributed by atoms with Crippen LogP contribution in [0.2, 0.25) is 0 Å². The summed E-state index contributed by atoms with van der Waals surface area (Å²) in [6, 6.07) is 14.6. The molecule has 1 aromatic heterocycles. The number of ether oxygens (including phenoxy) is 2. The summed E-state index contributed by atoms with van der Waals surface area (Å²) in [5.74, 6) is 1.07. The van der Waals surface area contributed by atoms with Gasteiger partial charge in [0, 0.05) is 16.6 Å². The molecule has 32 heavy (non-hydrogen) atoms. The van der Waals surface area contributed by atoms with Crippen molar-refractivity contribution >= 4 is 34.0 Å². The fourth-order valence-corrected chi connectivity index (χ4v) is 3.68. The molecule has 2 amide bonds. The molecule has 168 valence electrons. The van der Waals surface area contributed by atoms with Crippen LogP contribution in [0.3, 0.4) is 0 Å². The van der Waals surface area contributed by atoms with Gasteiger partial charge in [-0.2, -0.15) is 0 Å². The van der Waals surface area contributed by atoms with Crippen LogP contribution in [0.15, 0.2) is 53.9 Å². The van der Waals surface area contributed by atoms with E-state index in [4.69, 9.17) is 9.47 Å². The van der Waals surface area contributed by atoms with Crippen LogP contribution in [0.25, 0.3) is 11.3 Å². The van der Waals surface area contributed by atoms with Crippen molar-refractivity contribution in [2.75, 3.05) is 44.5 Å². The number of hydrogen-bond acceptors (Lipinski definition) is 7. The molecular formula is C23H26N4O4S. The van der Waals surface area contributed by atoms with Gasteiger partial charge in [-0.1, -0.05) is 6.92 Å². The van der Waals surface area contributed by atoms with E-state index in [1.807, 2.05) is 36.6 Å². The fourth-order valence-electron chi connectivity index (χ4n) is 2.94. The summed E-state index contributed by atoms with van der Waals surface area (Å²) in [4.78, 5) is 31.1. The normalized spacial score (nSPS) is 10.6. The van der Waals surface area contributed by atoms with Crippen LogP contribution >= 0.6 is 11.3 Å². The quantitative estimate of drug-likeness (QED) is 0.485. The number of thiazole rings is 1. The zero-order chi connectivity index (χ0) is 22.9. The number of nitrogens with zero attached hydrogens (tertiary/aromatic N) is 2. The van der Waals surface area contributed by atoms with Crippen LogP contribution in [-0.4, -0.2) is 55.6 Å². The molecule has 9 heteroatoms. The average Bonchev–Trinajstić information content (AvgIpc) is 3.27. The number of rotatable bonds is 10. The topological polar surface area (TPSA) is 92.8 Å².